The highest BCUT2D eigenvalue weighted by Crippen LogP contribution is 2.28. The molecule has 0 saturated heterocycles. The Morgan fingerprint density at radius 2 is 1.86 bits per heavy atom. The lowest BCUT2D eigenvalue weighted by Gasteiger charge is -2.30. The van der Waals surface area contributed by atoms with Crippen molar-refractivity contribution in [1.82, 2.24) is 24.6 Å². The summed E-state index contributed by atoms with van der Waals surface area (Å²) in [5, 5.41) is 9.50. The molecule has 1 aliphatic rings. The molecule has 2 aromatic carbocycles. The van der Waals surface area contributed by atoms with Crippen LogP contribution in [0.15, 0.2) is 70.0 Å². The van der Waals surface area contributed by atoms with Crippen molar-refractivity contribution < 1.29 is 14.0 Å². The van der Waals surface area contributed by atoms with E-state index in [0.717, 1.165) is 15.4 Å². The normalized spacial score (nSPS) is 15.4. The van der Waals surface area contributed by atoms with Crippen LogP contribution in [0.25, 0.3) is 5.69 Å². The summed E-state index contributed by atoms with van der Waals surface area (Å²) >= 11 is 0. The number of nitrogens with one attached hydrogen (secondary N) is 2. The van der Waals surface area contributed by atoms with Gasteiger partial charge in [-0.2, -0.15) is 9.78 Å². The molecule has 2 heterocycles. The highest BCUT2D eigenvalue weighted by atomic mass is 19.1. The van der Waals surface area contributed by atoms with Crippen LogP contribution in [0, 0.1) is 12.7 Å². The Morgan fingerprint density at radius 3 is 2.54 bits per heavy atom. The van der Waals surface area contributed by atoms with Gasteiger partial charge in [-0.15, -0.1) is 0 Å². The summed E-state index contributed by atoms with van der Waals surface area (Å²) in [7, 11) is 1.51. The van der Waals surface area contributed by atoms with E-state index < -0.39 is 35.0 Å². The third-order valence-electron chi connectivity index (χ3n) is 5.69. The quantitative estimate of drug-likeness (QED) is 0.582. The van der Waals surface area contributed by atoms with Crippen molar-refractivity contribution in [1.29, 1.82) is 0 Å². The van der Waals surface area contributed by atoms with Gasteiger partial charge in [0.1, 0.15) is 12.0 Å². The van der Waals surface area contributed by atoms with Crippen molar-refractivity contribution in [2.45, 2.75) is 26.4 Å². The van der Waals surface area contributed by atoms with Gasteiger partial charge in [-0.1, -0.05) is 18.2 Å². The summed E-state index contributed by atoms with van der Waals surface area (Å²) in [6.07, 6.45) is 2.48. The molecule has 0 radical (unpaired) electrons. The number of hydrogen-bond acceptors (Lipinski definition) is 5. The van der Waals surface area contributed by atoms with E-state index in [1.807, 2.05) is 0 Å². The van der Waals surface area contributed by atoms with Crippen LogP contribution in [0.3, 0.4) is 0 Å². The number of carbonyl (C=O) groups excluding carboxylic acids is 2. The summed E-state index contributed by atoms with van der Waals surface area (Å²) < 4.78 is 15.5. The average molecular weight is 478 g/mol. The first kappa shape index (κ1) is 23.6. The predicted octanol–water partition coefficient (Wildman–Crippen LogP) is 2.08. The summed E-state index contributed by atoms with van der Waals surface area (Å²) in [6.45, 7) is 3.65. The van der Waals surface area contributed by atoms with E-state index in [0.29, 0.717) is 22.5 Å². The minimum absolute atomic E-state index is 0.188. The number of anilines is 1. The molecule has 0 saturated carbocycles. The van der Waals surface area contributed by atoms with E-state index in [2.05, 4.69) is 15.7 Å². The zero-order valence-electron chi connectivity index (χ0n) is 19.3. The van der Waals surface area contributed by atoms with Gasteiger partial charge >= 0.3 is 11.7 Å². The standard InChI is InChI=1S/C24H23FN6O4/c1-4-30-20(32)12-26-31(24(30)35)17-10-5-14(2)19(11-17)27-22(33)18-13-29(3)23(34)28-21(18)15-6-8-16(25)9-7-15/h5-13,21H,4H2,1-3H3,(H,27,33)(H,28,34). The minimum Gasteiger partial charge on any atom is -0.327 e. The fraction of sp³-hybridized carbons (Fsp3) is 0.208. The lowest BCUT2D eigenvalue weighted by molar-refractivity contribution is -0.113. The van der Waals surface area contributed by atoms with Crippen LogP contribution >= 0.6 is 0 Å². The predicted molar refractivity (Wildman–Crippen MR) is 127 cm³/mol. The number of urea groups is 1. The molecule has 4 rings (SSSR count). The second kappa shape index (κ2) is 9.37. The van der Waals surface area contributed by atoms with Crippen molar-refractivity contribution in [2.24, 2.45) is 0 Å². The van der Waals surface area contributed by atoms with Crippen molar-refractivity contribution >= 4 is 17.6 Å². The smallest absolute Gasteiger partial charge is 0.327 e. The molecule has 0 spiro atoms. The Bertz CT molecular complexity index is 1460. The molecule has 0 aliphatic carbocycles. The van der Waals surface area contributed by atoms with Gasteiger partial charge in [0.05, 0.1) is 17.3 Å². The fourth-order valence-corrected chi connectivity index (χ4v) is 3.73. The Hall–Kier alpha value is -4.54. The fourth-order valence-electron chi connectivity index (χ4n) is 3.73. The maximum Gasteiger partial charge on any atom is 0.352 e. The van der Waals surface area contributed by atoms with Gasteiger partial charge in [-0.25, -0.2) is 14.0 Å². The Balaban J connectivity index is 1.69. The number of carbonyl (C=O) groups is 2. The molecule has 10 nitrogen and oxygen atoms in total. The maximum atomic E-state index is 13.4. The molecule has 1 aromatic heterocycles. The second-order valence-electron chi connectivity index (χ2n) is 8.00. The monoisotopic (exact) mass is 478 g/mol. The summed E-state index contributed by atoms with van der Waals surface area (Å²) in [5.41, 5.74) is 1.15. The Kier molecular flexibility index (Phi) is 6.32. The van der Waals surface area contributed by atoms with Gasteiger partial charge in [0.2, 0.25) is 0 Å². The van der Waals surface area contributed by atoms with Crippen LogP contribution < -0.4 is 21.9 Å². The number of amides is 3. The minimum atomic E-state index is -0.791. The molecule has 0 fully saturated rings. The number of aromatic nitrogens is 3. The van der Waals surface area contributed by atoms with Crippen molar-refractivity contribution in [2.75, 3.05) is 12.4 Å². The van der Waals surface area contributed by atoms with E-state index in [1.54, 1.807) is 32.0 Å². The highest BCUT2D eigenvalue weighted by molar-refractivity contribution is 6.06. The van der Waals surface area contributed by atoms with E-state index >= 15 is 0 Å². The topological polar surface area (TPSA) is 118 Å². The molecule has 2 N–H and O–H groups in total. The number of hydrogen-bond donors (Lipinski definition) is 2. The van der Waals surface area contributed by atoms with Crippen LogP contribution in [0.4, 0.5) is 14.9 Å². The molecule has 11 heteroatoms. The number of rotatable bonds is 5. The van der Waals surface area contributed by atoms with Gasteiger partial charge in [0, 0.05) is 25.5 Å². The largest absolute Gasteiger partial charge is 0.352 e. The molecule has 0 bridgehead atoms. The first-order chi connectivity index (χ1) is 16.7. The molecule has 1 aliphatic heterocycles. The number of benzene rings is 2. The van der Waals surface area contributed by atoms with Gasteiger partial charge in [0.25, 0.3) is 11.5 Å². The van der Waals surface area contributed by atoms with Crippen molar-refractivity contribution in [3.63, 3.8) is 0 Å². The van der Waals surface area contributed by atoms with E-state index in [1.165, 1.54) is 42.4 Å². The zero-order valence-corrected chi connectivity index (χ0v) is 19.3. The molecule has 35 heavy (non-hydrogen) atoms. The van der Waals surface area contributed by atoms with Crippen LogP contribution in [-0.4, -0.2) is 38.2 Å². The van der Waals surface area contributed by atoms with Gasteiger partial charge in [-0.05, 0) is 49.2 Å². The lowest BCUT2D eigenvalue weighted by Crippen LogP contribution is -2.44. The zero-order chi connectivity index (χ0) is 25.3. The third-order valence-corrected chi connectivity index (χ3v) is 5.69. The van der Waals surface area contributed by atoms with Gasteiger partial charge in [-0.3, -0.25) is 14.2 Å². The van der Waals surface area contributed by atoms with Crippen LogP contribution in [0.1, 0.15) is 24.1 Å². The van der Waals surface area contributed by atoms with Gasteiger partial charge < -0.3 is 15.5 Å². The lowest BCUT2D eigenvalue weighted by atomic mass is 9.97. The molecule has 1 atom stereocenters. The molecular formula is C24H23FN6O4. The Morgan fingerprint density at radius 1 is 1.14 bits per heavy atom. The second-order valence-corrected chi connectivity index (χ2v) is 8.00. The van der Waals surface area contributed by atoms with Crippen LogP contribution in [0.5, 0.6) is 0 Å². The van der Waals surface area contributed by atoms with E-state index in [4.69, 9.17) is 0 Å². The van der Waals surface area contributed by atoms with Gasteiger partial charge in [0.15, 0.2) is 0 Å². The van der Waals surface area contributed by atoms with E-state index in [-0.39, 0.29) is 12.1 Å². The van der Waals surface area contributed by atoms with Crippen molar-refractivity contribution in [3.05, 3.63) is 98.2 Å². The third kappa shape index (κ3) is 4.60. The summed E-state index contributed by atoms with van der Waals surface area (Å²) in [4.78, 5) is 51.4. The first-order valence-corrected chi connectivity index (χ1v) is 10.8. The number of nitrogens with zero attached hydrogens (tertiary/aromatic N) is 4. The summed E-state index contributed by atoms with van der Waals surface area (Å²) in [6, 6.07) is 9.24. The average Bonchev–Trinajstić information content (AvgIpc) is 2.83. The van der Waals surface area contributed by atoms with Crippen molar-refractivity contribution in [3.8, 4) is 5.69 Å². The molecule has 3 aromatic rings. The maximum absolute atomic E-state index is 13.4. The molecule has 180 valence electrons. The number of halogens is 1. The molecule has 1 unspecified atom stereocenters. The number of aryl methyl sites for hydroxylation is 1. The highest BCUT2D eigenvalue weighted by Gasteiger charge is 2.30. The molecular weight excluding hydrogens is 455 g/mol. The molecule has 3 amide bonds. The van der Waals surface area contributed by atoms with E-state index in [9.17, 15) is 23.6 Å². The Labute approximate surface area is 199 Å². The van der Waals surface area contributed by atoms with Crippen LogP contribution in [-0.2, 0) is 11.3 Å². The van der Waals surface area contributed by atoms with Crippen LogP contribution in [0.2, 0.25) is 0 Å². The SMILES string of the molecule is CCn1c(=O)cnn(-c2ccc(C)c(NC(=O)C3=CN(C)C(=O)NC3c3ccc(F)cc3)c2)c1=O. The first-order valence-electron chi connectivity index (χ1n) is 10.8. The summed E-state index contributed by atoms with van der Waals surface area (Å²) in [5.74, 6) is -0.932.